The van der Waals surface area contributed by atoms with Gasteiger partial charge in [0.1, 0.15) is 6.17 Å². The van der Waals surface area contributed by atoms with Crippen molar-refractivity contribution in [2.24, 2.45) is 5.92 Å². The van der Waals surface area contributed by atoms with Gasteiger partial charge in [0.2, 0.25) is 5.95 Å². The lowest BCUT2D eigenvalue weighted by Crippen LogP contribution is -2.27. The first-order chi connectivity index (χ1) is 17.8. The predicted octanol–water partition coefficient (Wildman–Crippen LogP) is 9.11. The molecule has 1 aliphatic rings. The van der Waals surface area contributed by atoms with Crippen molar-refractivity contribution in [3.8, 4) is 11.3 Å². The van der Waals surface area contributed by atoms with Crippen molar-refractivity contribution >= 4 is 0 Å². The predicted molar refractivity (Wildman–Crippen MR) is 142 cm³/mol. The molecule has 2 aromatic rings. The van der Waals surface area contributed by atoms with Crippen LogP contribution >= 0.6 is 0 Å². The number of benzene rings is 1. The summed E-state index contributed by atoms with van der Waals surface area (Å²) in [4.78, 5) is 3.98. The molecule has 0 bridgehead atoms. The van der Waals surface area contributed by atoms with Crippen LogP contribution in [0.2, 0.25) is 0 Å². The van der Waals surface area contributed by atoms with Crippen molar-refractivity contribution in [2.45, 2.75) is 117 Å². The van der Waals surface area contributed by atoms with E-state index >= 15 is 8.78 Å². The Hall–Kier alpha value is -1.95. The minimum Gasteiger partial charge on any atom is -0.375 e. The van der Waals surface area contributed by atoms with Gasteiger partial charge in [0.25, 0.3) is 0 Å². The summed E-state index contributed by atoms with van der Waals surface area (Å²) in [5.41, 5.74) is 1.54. The summed E-state index contributed by atoms with van der Waals surface area (Å²) in [7, 11) is 0. The van der Waals surface area contributed by atoms with E-state index in [-0.39, 0.29) is 36.0 Å². The molecule has 3 atom stereocenters. The SMILES string of the molecule is CCCCCCC(F)COC1CCc2cc(-c3ccc(CCCCC(C)CC)c(F)n3)c(F)c(F)c2C1. The van der Waals surface area contributed by atoms with Gasteiger partial charge in [-0.05, 0) is 61.3 Å². The van der Waals surface area contributed by atoms with Gasteiger partial charge in [-0.3, -0.25) is 0 Å². The van der Waals surface area contributed by atoms with Gasteiger partial charge in [-0.25, -0.2) is 18.2 Å². The Labute approximate surface area is 220 Å². The summed E-state index contributed by atoms with van der Waals surface area (Å²) in [5.74, 6) is -1.92. The van der Waals surface area contributed by atoms with Crippen LogP contribution in [0.4, 0.5) is 17.6 Å². The normalized spacial score (nSPS) is 17.0. The van der Waals surface area contributed by atoms with Gasteiger partial charge in [-0.15, -0.1) is 0 Å². The van der Waals surface area contributed by atoms with Crippen molar-refractivity contribution in [1.29, 1.82) is 0 Å². The van der Waals surface area contributed by atoms with E-state index < -0.39 is 23.8 Å². The quantitative estimate of drug-likeness (QED) is 0.132. The van der Waals surface area contributed by atoms with Gasteiger partial charge in [0.05, 0.1) is 18.4 Å². The average Bonchev–Trinajstić information content (AvgIpc) is 2.90. The minimum atomic E-state index is -1.04. The third-order valence-corrected chi connectivity index (χ3v) is 7.74. The molecule has 206 valence electrons. The zero-order chi connectivity index (χ0) is 26.8. The van der Waals surface area contributed by atoms with E-state index in [9.17, 15) is 8.78 Å². The fraction of sp³-hybridized carbons (Fsp3) is 0.645. The van der Waals surface area contributed by atoms with Gasteiger partial charge in [-0.2, -0.15) is 4.39 Å². The van der Waals surface area contributed by atoms with E-state index in [1.54, 1.807) is 18.2 Å². The molecule has 0 aliphatic heterocycles. The number of ether oxygens (including phenoxy) is 1. The molecule has 1 aromatic carbocycles. The molecule has 0 spiro atoms. The fourth-order valence-electron chi connectivity index (χ4n) is 5.06. The maximum Gasteiger partial charge on any atom is 0.216 e. The highest BCUT2D eigenvalue weighted by molar-refractivity contribution is 5.63. The van der Waals surface area contributed by atoms with Crippen LogP contribution in [0.25, 0.3) is 11.3 Å². The van der Waals surface area contributed by atoms with Crippen LogP contribution in [0.1, 0.15) is 102 Å². The first-order valence-corrected chi connectivity index (χ1v) is 14.2. The van der Waals surface area contributed by atoms with E-state index in [4.69, 9.17) is 4.74 Å². The smallest absolute Gasteiger partial charge is 0.216 e. The van der Waals surface area contributed by atoms with Crippen molar-refractivity contribution in [3.63, 3.8) is 0 Å². The molecule has 3 rings (SSSR count). The third kappa shape index (κ3) is 8.53. The monoisotopic (exact) mass is 521 g/mol. The second kappa shape index (κ2) is 14.8. The van der Waals surface area contributed by atoms with Crippen LogP contribution in [0, 0.1) is 23.5 Å². The number of hydrogen-bond donors (Lipinski definition) is 0. The van der Waals surface area contributed by atoms with E-state index in [2.05, 4.69) is 25.8 Å². The number of hydrogen-bond acceptors (Lipinski definition) is 2. The Morgan fingerprint density at radius 3 is 2.51 bits per heavy atom. The Kier molecular flexibility index (Phi) is 11.9. The average molecular weight is 522 g/mol. The number of unbranched alkanes of at least 4 members (excludes halogenated alkanes) is 4. The molecule has 0 radical (unpaired) electrons. The van der Waals surface area contributed by atoms with Crippen LogP contribution < -0.4 is 0 Å². The van der Waals surface area contributed by atoms with Gasteiger partial charge in [0, 0.05) is 17.5 Å². The topological polar surface area (TPSA) is 22.1 Å². The molecule has 1 heterocycles. The van der Waals surface area contributed by atoms with Crippen LogP contribution in [0.5, 0.6) is 0 Å². The lowest BCUT2D eigenvalue weighted by atomic mass is 9.87. The number of rotatable bonds is 15. The number of fused-ring (bicyclic) bond motifs is 1. The van der Waals surface area contributed by atoms with Crippen LogP contribution in [0.15, 0.2) is 18.2 Å². The molecule has 0 amide bonds. The van der Waals surface area contributed by atoms with E-state index in [0.29, 0.717) is 42.7 Å². The van der Waals surface area contributed by atoms with E-state index in [0.717, 1.165) is 51.4 Å². The highest BCUT2D eigenvalue weighted by Crippen LogP contribution is 2.33. The summed E-state index contributed by atoms with van der Waals surface area (Å²) in [5, 5.41) is 0. The summed E-state index contributed by atoms with van der Waals surface area (Å²) < 4.78 is 64.8. The summed E-state index contributed by atoms with van der Waals surface area (Å²) in [6.45, 7) is 6.48. The zero-order valence-corrected chi connectivity index (χ0v) is 22.7. The third-order valence-electron chi connectivity index (χ3n) is 7.74. The maximum absolute atomic E-state index is 15.1. The molecule has 0 N–H and O–H groups in total. The lowest BCUT2D eigenvalue weighted by molar-refractivity contribution is 0.00865. The number of pyridine rings is 1. The van der Waals surface area contributed by atoms with E-state index in [1.807, 2.05) is 0 Å². The van der Waals surface area contributed by atoms with E-state index in [1.165, 1.54) is 0 Å². The summed E-state index contributed by atoms with van der Waals surface area (Å²) in [6, 6.07) is 4.80. The minimum absolute atomic E-state index is 0.0124. The van der Waals surface area contributed by atoms with Crippen molar-refractivity contribution in [2.75, 3.05) is 6.61 Å². The standard InChI is InChI=1S/C31H43F4NO/c1-4-6-7-8-13-24(32)20-37-25-16-14-23-18-27(30(34)29(33)26(23)19-25)28-17-15-22(31(35)36-28)12-10-9-11-21(3)5-2/h15,17-18,21,24-25H,4-14,16,19-20H2,1-3H3. The lowest BCUT2D eigenvalue weighted by Gasteiger charge is -2.26. The molecule has 1 aliphatic carbocycles. The fourth-order valence-corrected chi connectivity index (χ4v) is 5.06. The zero-order valence-electron chi connectivity index (χ0n) is 22.7. The Balaban J connectivity index is 1.61. The van der Waals surface area contributed by atoms with Crippen LogP contribution in [0.3, 0.4) is 0 Å². The summed E-state index contributed by atoms with van der Waals surface area (Å²) >= 11 is 0. The van der Waals surface area contributed by atoms with Crippen molar-refractivity contribution < 1.29 is 22.3 Å². The van der Waals surface area contributed by atoms with Gasteiger partial charge >= 0.3 is 0 Å². The molecular weight excluding hydrogens is 478 g/mol. The molecule has 0 saturated heterocycles. The Morgan fingerprint density at radius 2 is 1.78 bits per heavy atom. The molecule has 3 unspecified atom stereocenters. The molecule has 2 nitrogen and oxygen atoms in total. The molecule has 6 heteroatoms. The first kappa shape index (κ1) is 29.6. The summed E-state index contributed by atoms with van der Waals surface area (Å²) in [6.07, 6.45) is 9.19. The van der Waals surface area contributed by atoms with Gasteiger partial charge in [0.15, 0.2) is 11.6 Å². The number of alkyl halides is 1. The second-order valence-electron chi connectivity index (χ2n) is 10.7. The molecular formula is C31H43F4NO. The molecule has 1 aromatic heterocycles. The second-order valence-corrected chi connectivity index (χ2v) is 10.7. The molecule has 37 heavy (non-hydrogen) atoms. The number of aromatic nitrogens is 1. The Bertz CT molecular complexity index is 996. The van der Waals surface area contributed by atoms with Crippen LogP contribution in [-0.4, -0.2) is 23.9 Å². The Morgan fingerprint density at radius 1 is 1.00 bits per heavy atom. The largest absolute Gasteiger partial charge is 0.375 e. The van der Waals surface area contributed by atoms with Crippen molar-refractivity contribution in [1.82, 2.24) is 4.98 Å². The number of nitrogens with zero attached hydrogens (tertiary/aromatic N) is 1. The first-order valence-electron chi connectivity index (χ1n) is 14.2. The highest BCUT2D eigenvalue weighted by Gasteiger charge is 2.27. The molecule has 0 fully saturated rings. The molecule has 0 saturated carbocycles. The van der Waals surface area contributed by atoms with Crippen LogP contribution in [-0.2, 0) is 24.0 Å². The van der Waals surface area contributed by atoms with Gasteiger partial charge in [-0.1, -0.05) is 71.8 Å². The van der Waals surface area contributed by atoms with Gasteiger partial charge < -0.3 is 4.74 Å². The number of halogens is 4. The van der Waals surface area contributed by atoms with Crippen molar-refractivity contribution in [3.05, 3.63) is 52.5 Å². The highest BCUT2D eigenvalue weighted by atomic mass is 19.2. The number of aryl methyl sites for hydroxylation is 2. The maximum atomic E-state index is 15.1.